The molecule has 1 aliphatic rings. The first-order valence-electron chi connectivity index (χ1n) is 6.33. The average molecular weight is 368 g/mol. The van der Waals surface area contributed by atoms with Gasteiger partial charge in [-0.1, -0.05) is 13.3 Å². The molecule has 0 amide bonds. The first kappa shape index (κ1) is 21.1. The first-order valence-corrected chi connectivity index (χ1v) is 10.6. The highest BCUT2D eigenvalue weighted by Gasteiger charge is 2.36. The summed E-state index contributed by atoms with van der Waals surface area (Å²) in [4.78, 5) is 11.5. The van der Waals surface area contributed by atoms with Crippen LogP contribution in [0.15, 0.2) is 0 Å². The van der Waals surface area contributed by atoms with Crippen LogP contribution in [-0.4, -0.2) is 53.0 Å². The largest absolute Gasteiger partial charge is 0.741 e. The van der Waals surface area contributed by atoms with Gasteiger partial charge in [0.2, 0.25) is 0 Å². The zero-order valence-corrected chi connectivity index (χ0v) is 14.1. The van der Waals surface area contributed by atoms with E-state index in [4.69, 9.17) is 13.0 Å². The van der Waals surface area contributed by atoms with E-state index in [9.17, 15) is 18.0 Å². The lowest BCUT2D eigenvalue weighted by atomic mass is 10.2. The predicted octanol–water partition coefficient (Wildman–Crippen LogP) is 2.16. The third kappa shape index (κ3) is 10.4. The summed E-state index contributed by atoms with van der Waals surface area (Å²) in [7, 11) is -5.64. The second-order valence-electron chi connectivity index (χ2n) is 4.32. The standard InChI is InChI=1S/C10H19OS2.CHF3O3S/c1-2-3-4-10(11)9-13-7-5-12-6-8-13;2-1(3,4)8(5,6)7/h2-9H2,1H3;(H,5,6,7)/q+1;/p-1. The molecule has 1 heterocycles. The van der Waals surface area contributed by atoms with Gasteiger partial charge in [0.15, 0.2) is 21.7 Å². The molecule has 0 unspecified atom stereocenters. The highest BCUT2D eigenvalue weighted by Crippen LogP contribution is 2.20. The Labute approximate surface area is 130 Å². The Hall–Kier alpha value is 0.0700. The molecule has 4 nitrogen and oxygen atoms in total. The number of carbonyl (C=O) groups excluding carboxylic acids is 1. The van der Waals surface area contributed by atoms with Gasteiger partial charge in [0.1, 0.15) is 11.5 Å². The third-order valence-electron chi connectivity index (χ3n) is 2.49. The normalized spacial score (nSPS) is 17.0. The number of alkyl halides is 3. The van der Waals surface area contributed by atoms with Gasteiger partial charge in [0, 0.05) is 17.9 Å². The molecule has 10 heteroatoms. The van der Waals surface area contributed by atoms with Crippen LogP contribution in [0, 0.1) is 0 Å². The molecule has 0 aromatic heterocycles. The van der Waals surface area contributed by atoms with Crippen LogP contribution in [-0.2, 0) is 25.8 Å². The van der Waals surface area contributed by atoms with Gasteiger partial charge in [0.25, 0.3) is 0 Å². The summed E-state index contributed by atoms with van der Waals surface area (Å²) in [6.45, 7) is 2.15. The van der Waals surface area contributed by atoms with Crippen LogP contribution >= 0.6 is 11.8 Å². The van der Waals surface area contributed by atoms with E-state index in [1.807, 2.05) is 11.8 Å². The molecule has 0 saturated carbocycles. The van der Waals surface area contributed by atoms with Crippen molar-refractivity contribution < 1.29 is 30.9 Å². The van der Waals surface area contributed by atoms with Gasteiger partial charge in [-0.25, -0.2) is 8.42 Å². The number of rotatable bonds is 5. The highest BCUT2D eigenvalue weighted by molar-refractivity contribution is 8.05. The second-order valence-corrected chi connectivity index (χ2v) is 9.25. The van der Waals surface area contributed by atoms with E-state index in [2.05, 4.69) is 6.92 Å². The summed E-state index contributed by atoms with van der Waals surface area (Å²) in [6.07, 6.45) is 3.06. The quantitative estimate of drug-likeness (QED) is 0.422. The minimum Gasteiger partial charge on any atom is -0.741 e. The molecule has 0 spiro atoms. The zero-order chi connectivity index (χ0) is 16.5. The van der Waals surface area contributed by atoms with Crippen LogP contribution in [0.3, 0.4) is 0 Å². The van der Waals surface area contributed by atoms with E-state index < -0.39 is 15.6 Å². The maximum atomic E-state index is 11.5. The number of halogens is 3. The van der Waals surface area contributed by atoms with Crippen LogP contribution in [0.25, 0.3) is 0 Å². The summed E-state index contributed by atoms with van der Waals surface area (Å²) in [6, 6.07) is 0. The maximum absolute atomic E-state index is 11.5. The fraction of sp³-hybridized carbons (Fsp3) is 0.909. The molecule has 1 saturated heterocycles. The molecule has 21 heavy (non-hydrogen) atoms. The molecule has 0 aromatic carbocycles. The Kier molecular flexibility index (Phi) is 9.99. The Bertz CT molecular complexity index is 403. The van der Waals surface area contributed by atoms with Crippen molar-refractivity contribution in [2.45, 2.75) is 31.7 Å². The van der Waals surface area contributed by atoms with Gasteiger partial charge in [-0.05, 0) is 17.3 Å². The molecular weight excluding hydrogens is 349 g/mol. The average Bonchev–Trinajstić information content (AvgIpc) is 2.36. The molecule has 0 bridgehead atoms. The number of hydrogen-bond donors (Lipinski definition) is 0. The summed E-state index contributed by atoms with van der Waals surface area (Å²) in [5.74, 6) is 6.55. The van der Waals surface area contributed by atoms with Gasteiger partial charge in [-0.3, -0.25) is 4.79 Å². The van der Waals surface area contributed by atoms with Crippen molar-refractivity contribution in [1.82, 2.24) is 0 Å². The molecule has 1 fully saturated rings. The third-order valence-corrected chi connectivity index (χ3v) is 6.85. The summed E-state index contributed by atoms with van der Waals surface area (Å²) in [5.41, 5.74) is -5.65. The lowest BCUT2D eigenvalue weighted by Crippen LogP contribution is -2.27. The van der Waals surface area contributed by atoms with Crippen molar-refractivity contribution >= 4 is 38.6 Å². The number of ketones is 1. The van der Waals surface area contributed by atoms with E-state index in [1.165, 1.54) is 23.0 Å². The number of carbonyl (C=O) groups is 1. The minimum absolute atomic E-state index is 0.451. The SMILES string of the molecule is CCCCC(=O)C[S+]1CCSCC1.O=S(=O)([O-])C(F)(F)F. The lowest BCUT2D eigenvalue weighted by molar-refractivity contribution is -0.116. The molecule has 0 radical (unpaired) electrons. The molecule has 1 aliphatic heterocycles. The predicted molar refractivity (Wildman–Crippen MR) is 79.6 cm³/mol. The summed E-state index contributed by atoms with van der Waals surface area (Å²) >= 11 is 2.04. The number of unbranched alkanes of at least 4 members (excludes halogenated alkanes) is 1. The van der Waals surface area contributed by atoms with Gasteiger partial charge in [0.05, 0.1) is 0 Å². The molecule has 1 rings (SSSR count). The second kappa shape index (κ2) is 9.96. The van der Waals surface area contributed by atoms with Crippen LogP contribution < -0.4 is 0 Å². The molecular formula is C11H19F3O4S3. The monoisotopic (exact) mass is 368 g/mol. The van der Waals surface area contributed by atoms with Crippen LogP contribution in [0.4, 0.5) is 13.2 Å². The van der Waals surface area contributed by atoms with Gasteiger partial charge >= 0.3 is 5.51 Å². The number of hydrogen-bond acceptors (Lipinski definition) is 5. The van der Waals surface area contributed by atoms with Crippen LogP contribution in [0.1, 0.15) is 26.2 Å². The number of thioether (sulfide) groups is 1. The minimum atomic E-state index is -6.09. The Morgan fingerprint density at radius 3 is 2.14 bits per heavy atom. The fourth-order valence-corrected chi connectivity index (χ4v) is 5.50. The van der Waals surface area contributed by atoms with Crippen molar-refractivity contribution in [3.05, 3.63) is 0 Å². The Morgan fingerprint density at radius 1 is 1.29 bits per heavy atom. The molecule has 0 aliphatic carbocycles. The van der Waals surface area contributed by atoms with Crippen molar-refractivity contribution in [1.29, 1.82) is 0 Å². The Morgan fingerprint density at radius 2 is 1.76 bits per heavy atom. The molecule has 126 valence electrons. The molecule has 0 atom stereocenters. The van der Waals surface area contributed by atoms with Crippen LogP contribution in [0.5, 0.6) is 0 Å². The van der Waals surface area contributed by atoms with Crippen molar-refractivity contribution in [3.63, 3.8) is 0 Å². The van der Waals surface area contributed by atoms with Gasteiger partial charge in [-0.15, -0.1) is 0 Å². The van der Waals surface area contributed by atoms with E-state index in [-0.39, 0.29) is 0 Å². The molecule has 0 aromatic rings. The zero-order valence-electron chi connectivity index (χ0n) is 11.6. The van der Waals surface area contributed by atoms with Gasteiger partial charge < -0.3 is 4.55 Å². The summed E-state index contributed by atoms with van der Waals surface area (Å²) in [5, 5.41) is 0. The first-order chi connectivity index (χ1) is 9.58. The van der Waals surface area contributed by atoms with Crippen molar-refractivity contribution in [2.24, 2.45) is 0 Å². The highest BCUT2D eigenvalue weighted by atomic mass is 32.2. The smallest absolute Gasteiger partial charge is 0.485 e. The fourth-order valence-electron chi connectivity index (χ4n) is 1.38. The van der Waals surface area contributed by atoms with Crippen molar-refractivity contribution in [3.8, 4) is 0 Å². The van der Waals surface area contributed by atoms with Crippen LogP contribution in [0.2, 0.25) is 0 Å². The Balaban J connectivity index is 0.000000433. The number of Topliss-reactive ketones (excluding diaryl/α,β-unsaturated/α-hetero) is 1. The lowest BCUT2D eigenvalue weighted by Gasteiger charge is -2.12. The van der Waals surface area contributed by atoms with Gasteiger partial charge in [-0.2, -0.15) is 24.9 Å². The van der Waals surface area contributed by atoms with E-state index >= 15 is 0 Å². The van der Waals surface area contributed by atoms with Crippen molar-refractivity contribution in [2.75, 3.05) is 28.8 Å². The topological polar surface area (TPSA) is 74.3 Å². The van der Waals surface area contributed by atoms with E-state index in [0.717, 1.165) is 25.0 Å². The summed E-state index contributed by atoms with van der Waals surface area (Å²) < 4.78 is 58.9. The van der Waals surface area contributed by atoms with E-state index in [1.54, 1.807) is 0 Å². The maximum Gasteiger partial charge on any atom is 0.485 e. The molecule has 0 N–H and O–H groups in total. The van der Waals surface area contributed by atoms with E-state index in [0.29, 0.717) is 16.7 Å².